The highest BCUT2D eigenvalue weighted by molar-refractivity contribution is 7.71. The number of aromatic amines is 1. The van der Waals surface area contributed by atoms with Crippen LogP contribution in [0.2, 0.25) is 5.15 Å². The molecule has 0 aliphatic rings. The summed E-state index contributed by atoms with van der Waals surface area (Å²) in [6.07, 6.45) is 1.52. The average Bonchev–Trinajstić information content (AvgIpc) is 3.23. The number of aromatic nitrogens is 4. The van der Waals surface area contributed by atoms with E-state index in [9.17, 15) is 4.39 Å². The number of halogens is 2. The highest BCUT2D eigenvalue weighted by Crippen LogP contribution is 2.28. The summed E-state index contributed by atoms with van der Waals surface area (Å²) in [6, 6.07) is 15.9. The number of nitrogens with one attached hydrogen (secondary N) is 2. The summed E-state index contributed by atoms with van der Waals surface area (Å²) in [6.45, 7) is 0. The summed E-state index contributed by atoms with van der Waals surface area (Å²) < 4.78 is 15.7. The molecule has 2 heterocycles. The lowest BCUT2D eigenvalue weighted by atomic mass is 10.2. The van der Waals surface area contributed by atoms with Gasteiger partial charge < -0.3 is 5.32 Å². The van der Waals surface area contributed by atoms with Gasteiger partial charge in [-0.05, 0) is 36.5 Å². The van der Waals surface area contributed by atoms with Gasteiger partial charge in [0.25, 0.3) is 0 Å². The first-order valence-corrected chi connectivity index (χ1v) is 9.67. The Balaban J connectivity index is 1.63. The van der Waals surface area contributed by atoms with Crippen molar-refractivity contribution in [2.75, 3.05) is 5.32 Å². The predicted molar refractivity (Wildman–Crippen MR) is 113 cm³/mol. The molecule has 28 heavy (non-hydrogen) atoms. The first-order chi connectivity index (χ1) is 13.6. The molecule has 0 atom stereocenters. The lowest BCUT2D eigenvalue weighted by Crippen LogP contribution is -1.96. The van der Waals surface area contributed by atoms with Crippen molar-refractivity contribution < 1.29 is 4.39 Å². The maximum Gasteiger partial charge on any atom is 0.216 e. The second-order valence-electron chi connectivity index (χ2n) is 5.55. The number of benzene rings is 2. The zero-order valence-corrected chi connectivity index (χ0v) is 16.5. The molecule has 0 amide bonds. The Morgan fingerprint density at radius 3 is 2.71 bits per heavy atom. The molecule has 140 valence electrons. The van der Waals surface area contributed by atoms with E-state index in [1.165, 1.54) is 28.3 Å². The molecule has 10 heteroatoms. The minimum atomic E-state index is -0.418. The van der Waals surface area contributed by atoms with Gasteiger partial charge in [0.1, 0.15) is 5.82 Å². The van der Waals surface area contributed by atoms with E-state index in [4.69, 9.17) is 23.8 Å². The van der Waals surface area contributed by atoms with E-state index in [0.29, 0.717) is 15.2 Å². The number of thiazole rings is 1. The Labute approximate surface area is 173 Å². The molecule has 0 unspecified atom stereocenters. The summed E-state index contributed by atoms with van der Waals surface area (Å²) >= 11 is 12.8. The minimum Gasteiger partial charge on any atom is -0.331 e. The van der Waals surface area contributed by atoms with Crippen LogP contribution in [0.5, 0.6) is 0 Å². The molecule has 0 spiro atoms. The number of hydrogen-bond donors (Lipinski definition) is 2. The number of rotatable bonds is 5. The Bertz CT molecular complexity index is 1200. The number of hydrogen-bond acceptors (Lipinski definition) is 6. The Morgan fingerprint density at radius 2 is 1.93 bits per heavy atom. The van der Waals surface area contributed by atoms with Gasteiger partial charge in [-0.25, -0.2) is 14.5 Å². The maximum absolute atomic E-state index is 14.1. The minimum absolute atomic E-state index is 0.234. The van der Waals surface area contributed by atoms with Crippen molar-refractivity contribution in [1.82, 2.24) is 19.9 Å². The van der Waals surface area contributed by atoms with Gasteiger partial charge >= 0.3 is 0 Å². The first kappa shape index (κ1) is 18.5. The number of anilines is 2. The summed E-state index contributed by atoms with van der Waals surface area (Å²) in [5, 5.41) is 15.1. The van der Waals surface area contributed by atoms with Gasteiger partial charge in [0.15, 0.2) is 16.1 Å². The topological polar surface area (TPSA) is 70.9 Å². The van der Waals surface area contributed by atoms with Crippen LogP contribution < -0.4 is 5.32 Å². The monoisotopic (exact) mass is 430 g/mol. The summed E-state index contributed by atoms with van der Waals surface area (Å²) in [7, 11) is 0. The van der Waals surface area contributed by atoms with Crippen LogP contribution in [-0.4, -0.2) is 26.1 Å². The first-order valence-electron chi connectivity index (χ1n) is 8.07. The fraction of sp³-hybridized carbons (Fsp3) is 0. The molecule has 6 nitrogen and oxygen atoms in total. The molecule has 0 saturated carbocycles. The number of para-hydroxylation sites is 1. The molecular weight excluding hydrogens is 419 g/mol. The quantitative estimate of drug-likeness (QED) is 0.325. The normalized spacial score (nSPS) is 11.2. The van der Waals surface area contributed by atoms with Gasteiger partial charge in [-0.2, -0.15) is 14.9 Å². The van der Waals surface area contributed by atoms with Crippen molar-refractivity contribution in [3.05, 3.63) is 75.2 Å². The molecule has 0 saturated heterocycles. The molecule has 2 N–H and O–H groups in total. The summed E-state index contributed by atoms with van der Waals surface area (Å²) in [5.41, 5.74) is 1.18. The molecule has 4 rings (SSSR count). The zero-order chi connectivity index (χ0) is 19.5. The Hall–Kier alpha value is -2.88. The van der Waals surface area contributed by atoms with Crippen LogP contribution in [0.4, 0.5) is 15.2 Å². The highest BCUT2D eigenvalue weighted by atomic mass is 35.5. The lowest BCUT2D eigenvalue weighted by Gasteiger charge is -2.01. The predicted octanol–water partition coefficient (Wildman–Crippen LogP) is 5.48. The van der Waals surface area contributed by atoms with Crippen LogP contribution in [0.25, 0.3) is 11.4 Å². The van der Waals surface area contributed by atoms with Crippen LogP contribution >= 0.6 is 35.2 Å². The molecule has 0 bridgehead atoms. The molecule has 0 radical (unpaired) electrons. The molecule has 0 fully saturated rings. The van der Waals surface area contributed by atoms with Crippen molar-refractivity contribution in [3.63, 3.8) is 0 Å². The van der Waals surface area contributed by atoms with E-state index in [0.717, 1.165) is 5.69 Å². The van der Waals surface area contributed by atoms with Gasteiger partial charge in [-0.15, -0.1) is 0 Å². The third-order valence-electron chi connectivity index (χ3n) is 3.69. The van der Waals surface area contributed by atoms with E-state index in [1.54, 1.807) is 18.2 Å². The van der Waals surface area contributed by atoms with Crippen LogP contribution in [0.15, 0.2) is 59.7 Å². The van der Waals surface area contributed by atoms with Gasteiger partial charge in [0.05, 0.1) is 16.7 Å². The SMILES string of the molecule is Fc1ccccc1-c1n[nH]c(=S)n1N=Cc1sc(Nc2ccccc2)nc1Cl. The standard InChI is InChI=1S/C18H12ClFN6S2/c19-15-14(28-17(23-15)22-11-6-2-1-3-7-11)10-21-26-16(24-25-18(26)27)12-8-4-5-9-13(12)20/h1-10H,(H,22,23)(H,25,27). The number of nitrogens with zero attached hydrogens (tertiary/aromatic N) is 4. The second-order valence-corrected chi connectivity index (χ2v) is 7.33. The van der Waals surface area contributed by atoms with Crippen LogP contribution in [0, 0.1) is 10.6 Å². The third-order valence-corrected chi connectivity index (χ3v) is 5.26. The Morgan fingerprint density at radius 1 is 1.18 bits per heavy atom. The molecule has 2 aromatic heterocycles. The highest BCUT2D eigenvalue weighted by Gasteiger charge is 2.13. The van der Waals surface area contributed by atoms with Gasteiger partial charge in [-0.3, -0.25) is 0 Å². The van der Waals surface area contributed by atoms with Gasteiger partial charge in [0.2, 0.25) is 4.77 Å². The van der Waals surface area contributed by atoms with Crippen molar-refractivity contribution in [2.24, 2.45) is 5.10 Å². The Kier molecular flexibility index (Phi) is 5.29. The molecular formula is C18H12ClFN6S2. The van der Waals surface area contributed by atoms with Crippen LogP contribution in [-0.2, 0) is 0 Å². The van der Waals surface area contributed by atoms with Crippen LogP contribution in [0.3, 0.4) is 0 Å². The van der Waals surface area contributed by atoms with E-state index < -0.39 is 5.82 Å². The lowest BCUT2D eigenvalue weighted by molar-refractivity contribution is 0.628. The third kappa shape index (κ3) is 3.86. The summed E-state index contributed by atoms with van der Waals surface area (Å²) in [4.78, 5) is 4.91. The second kappa shape index (κ2) is 8.01. The van der Waals surface area contributed by atoms with E-state index >= 15 is 0 Å². The van der Waals surface area contributed by atoms with Crippen LogP contribution in [0.1, 0.15) is 4.88 Å². The largest absolute Gasteiger partial charge is 0.331 e. The zero-order valence-electron chi connectivity index (χ0n) is 14.1. The van der Waals surface area contributed by atoms with E-state index in [1.807, 2.05) is 30.3 Å². The van der Waals surface area contributed by atoms with Crippen molar-refractivity contribution >= 4 is 52.2 Å². The van der Waals surface area contributed by atoms with Crippen molar-refractivity contribution in [2.45, 2.75) is 0 Å². The molecule has 2 aromatic carbocycles. The molecule has 0 aliphatic heterocycles. The fourth-order valence-corrected chi connectivity index (χ4v) is 3.64. The molecule has 0 aliphatic carbocycles. The smallest absolute Gasteiger partial charge is 0.216 e. The van der Waals surface area contributed by atoms with Crippen molar-refractivity contribution in [3.8, 4) is 11.4 Å². The van der Waals surface area contributed by atoms with E-state index in [2.05, 4.69) is 25.6 Å². The van der Waals surface area contributed by atoms with Gasteiger partial charge in [-0.1, -0.05) is 53.3 Å². The van der Waals surface area contributed by atoms with Crippen molar-refractivity contribution in [1.29, 1.82) is 0 Å². The summed E-state index contributed by atoms with van der Waals surface area (Å²) in [5.74, 6) is -0.152. The fourth-order valence-electron chi connectivity index (χ4n) is 2.42. The average molecular weight is 431 g/mol. The van der Waals surface area contributed by atoms with E-state index in [-0.39, 0.29) is 16.2 Å². The maximum atomic E-state index is 14.1. The van der Waals surface area contributed by atoms with Gasteiger partial charge in [0, 0.05) is 5.69 Å². The molecule has 4 aromatic rings. The number of H-pyrrole nitrogens is 1.